The summed E-state index contributed by atoms with van der Waals surface area (Å²) >= 11 is 0. The fourth-order valence-corrected chi connectivity index (χ4v) is 4.05. The van der Waals surface area contributed by atoms with Crippen LogP contribution in [-0.2, 0) is 0 Å². The van der Waals surface area contributed by atoms with Crippen molar-refractivity contribution in [1.29, 1.82) is 0 Å². The summed E-state index contributed by atoms with van der Waals surface area (Å²) in [5.74, 6) is 0. The van der Waals surface area contributed by atoms with Crippen molar-refractivity contribution in [3.05, 3.63) is 81.5 Å². The molecule has 162 valence electrons. The summed E-state index contributed by atoms with van der Waals surface area (Å²) in [5, 5.41) is 7.63. The van der Waals surface area contributed by atoms with Crippen LogP contribution < -0.4 is 21.2 Å². The van der Waals surface area contributed by atoms with Gasteiger partial charge in [-0.05, 0) is 80.8 Å². The predicted octanol–water partition coefficient (Wildman–Crippen LogP) is 4.72. The quantitative estimate of drug-likeness (QED) is 0.705. The maximum Gasteiger partial charge on any atom is 0.344 e. The number of benzene rings is 1. The van der Waals surface area contributed by atoms with Crippen molar-refractivity contribution in [2.24, 2.45) is 0 Å². The predicted molar refractivity (Wildman–Crippen MR) is 129 cm³/mol. The van der Waals surface area contributed by atoms with E-state index in [1.807, 2.05) is 30.5 Å². The number of hydrogen-bond donors (Lipinski definition) is 2. The number of anilines is 1. The second-order valence-electron chi connectivity index (χ2n) is 8.27. The molecule has 5 heteroatoms. The third-order valence-electron chi connectivity index (χ3n) is 5.98. The molecule has 0 atom stereocenters. The summed E-state index contributed by atoms with van der Waals surface area (Å²) in [5.41, 5.74) is 6.25. The number of hydrogen-bond acceptors (Lipinski definition) is 5. The Kier molecular flexibility index (Phi) is 6.42. The highest BCUT2D eigenvalue weighted by molar-refractivity contribution is 5.86. The molecule has 0 aliphatic carbocycles. The van der Waals surface area contributed by atoms with E-state index in [2.05, 4.69) is 54.5 Å². The van der Waals surface area contributed by atoms with Crippen molar-refractivity contribution in [3.63, 3.8) is 0 Å². The maximum atomic E-state index is 13.0. The fourth-order valence-electron chi connectivity index (χ4n) is 4.05. The molecule has 2 aromatic rings. The van der Waals surface area contributed by atoms with Crippen LogP contribution in [0.2, 0.25) is 0 Å². The van der Waals surface area contributed by atoms with Gasteiger partial charge in [0.25, 0.3) is 0 Å². The first-order chi connectivity index (χ1) is 15.0. The maximum absolute atomic E-state index is 13.0. The Labute approximate surface area is 183 Å². The first kappa shape index (κ1) is 21.2. The van der Waals surface area contributed by atoms with Crippen molar-refractivity contribution >= 4 is 22.2 Å². The van der Waals surface area contributed by atoms with Gasteiger partial charge in [-0.25, -0.2) is 4.79 Å². The Hall–Kier alpha value is -3.05. The number of rotatable bonds is 4. The lowest BCUT2D eigenvalue weighted by atomic mass is 9.97. The van der Waals surface area contributed by atoms with Crippen LogP contribution in [-0.4, -0.2) is 26.2 Å². The van der Waals surface area contributed by atoms with E-state index in [9.17, 15) is 4.79 Å². The molecule has 4 rings (SSSR count). The van der Waals surface area contributed by atoms with Crippen molar-refractivity contribution in [2.45, 2.75) is 33.6 Å². The van der Waals surface area contributed by atoms with Crippen LogP contribution in [0.3, 0.4) is 0 Å². The van der Waals surface area contributed by atoms with Gasteiger partial charge in [0.1, 0.15) is 5.58 Å². The van der Waals surface area contributed by atoms with Crippen LogP contribution in [0.1, 0.15) is 39.2 Å². The third kappa shape index (κ3) is 4.83. The van der Waals surface area contributed by atoms with Crippen LogP contribution in [0, 0.1) is 0 Å². The van der Waals surface area contributed by atoms with E-state index in [-0.39, 0.29) is 5.63 Å². The van der Waals surface area contributed by atoms with Gasteiger partial charge in [0.2, 0.25) is 0 Å². The van der Waals surface area contributed by atoms with Gasteiger partial charge in [-0.1, -0.05) is 12.5 Å². The molecule has 1 saturated heterocycles. The smallest absolute Gasteiger partial charge is 0.344 e. The summed E-state index contributed by atoms with van der Waals surface area (Å²) in [6.07, 6.45) is 10.0. The summed E-state index contributed by atoms with van der Waals surface area (Å²) in [4.78, 5) is 15.4. The number of fused-ring (bicyclic) bond motifs is 1. The molecule has 1 aromatic carbocycles. The summed E-state index contributed by atoms with van der Waals surface area (Å²) in [6.45, 7) is 10.2. The lowest BCUT2D eigenvalue weighted by molar-refractivity contribution is 0.558. The van der Waals surface area contributed by atoms with Crippen molar-refractivity contribution in [3.8, 4) is 0 Å². The van der Waals surface area contributed by atoms with Gasteiger partial charge in [-0.2, -0.15) is 0 Å². The number of nitrogens with one attached hydrogen (secondary N) is 2. The molecule has 0 radical (unpaired) electrons. The molecule has 5 nitrogen and oxygen atoms in total. The Morgan fingerprint density at radius 2 is 2.10 bits per heavy atom. The molecule has 31 heavy (non-hydrogen) atoms. The molecular formula is C26H31N3O2. The highest BCUT2D eigenvalue weighted by Gasteiger charge is 2.15. The van der Waals surface area contributed by atoms with Crippen molar-refractivity contribution in [1.82, 2.24) is 10.6 Å². The van der Waals surface area contributed by atoms with Crippen molar-refractivity contribution in [2.75, 3.05) is 31.1 Å². The minimum Gasteiger partial charge on any atom is -0.422 e. The highest BCUT2D eigenvalue weighted by atomic mass is 16.4. The third-order valence-corrected chi connectivity index (χ3v) is 5.98. The van der Waals surface area contributed by atoms with Crippen LogP contribution >= 0.6 is 0 Å². The molecule has 3 heterocycles. The molecule has 0 unspecified atom stereocenters. The largest absolute Gasteiger partial charge is 0.422 e. The zero-order valence-electron chi connectivity index (χ0n) is 18.6. The second kappa shape index (κ2) is 9.40. The summed E-state index contributed by atoms with van der Waals surface area (Å²) < 4.78 is 5.83. The van der Waals surface area contributed by atoms with Gasteiger partial charge >= 0.3 is 5.63 Å². The van der Waals surface area contributed by atoms with Crippen molar-refractivity contribution < 1.29 is 4.42 Å². The van der Waals surface area contributed by atoms with E-state index in [4.69, 9.17) is 4.42 Å². The lowest BCUT2D eigenvalue weighted by Crippen LogP contribution is -2.27. The monoisotopic (exact) mass is 417 g/mol. The second-order valence-corrected chi connectivity index (χ2v) is 8.27. The average Bonchev–Trinajstić information content (AvgIpc) is 3.06. The van der Waals surface area contributed by atoms with Gasteiger partial charge in [-0.15, -0.1) is 0 Å². The summed E-state index contributed by atoms with van der Waals surface area (Å²) in [7, 11) is 0. The van der Waals surface area contributed by atoms with Crippen LogP contribution in [0.5, 0.6) is 0 Å². The first-order valence-electron chi connectivity index (χ1n) is 11.1. The number of allylic oxidation sites excluding steroid dienone is 6. The zero-order valence-corrected chi connectivity index (χ0v) is 18.6. The molecule has 1 aromatic heterocycles. The molecular weight excluding hydrogens is 386 g/mol. The van der Waals surface area contributed by atoms with Gasteiger partial charge in [0.15, 0.2) is 0 Å². The van der Waals surface area contributed by atoms with E-state index in [1.54, 1.807) is 0 Å². The lowest BCUT2D eigenvalue weighted by Gasteiger charge is -2.22. The Morgan fingerprint density at radius 1 is 1.23 bits per heavy atom. The molecule has 0 spiro atoms. The molecule has 2 N–H and O–H groups in total. The Balaban J connectivity index is 1.75. The molecule has 2 aliphatic heterocycles. The molecule has 0 bridgehead atoms. The van der Waals surface area contributed by atoms with Crippen LogP contribution in [0.4, 0.5) is 5.69 Å². The Morgan fingerprint density at radius 3 is 2.90 bits per heavy atom. The molecule has 2 aliphatic rings. The molecule has 0 saturated carbocycles. The first-order valence-corrected chi connectivity index (χ1v) is 11.1. The minimum atomic E-state index is -0.297. The Bertz CT molecular complexity index is 1140. The van der Waals surface area contributed by atoms with Gasteiger partial charge in [0.05, 0.1) is 5.56 Å². The number of dihydropyridines is 1. The van der Waals surface area contributed by atoms with E-state index < -0.39 is 0 Å². The normalized spacial score (nSPS) is 19.1. The van der Waals surface area contributed by atoms with Gasteiger partial charge in [0, 0.05) is 48.7 Å². The van der Waals surface area contributed by atoms with E-state index in [0.29, 0.717) is 11.1 Å². The van der Waals surface area contributed by atoms with E-state index in [1.165, 1.54) is 5.57 Å². The standard InChI is InChI=1S/C26H31N3O2/c1-4-19(3)23(16-21-14-18(2)8-10-28-21)24-15-20-6-7-22(17-25(20)31-26(24)30)29-12-5-9-27-11-13-29/h6-8,10,14-17,27-28H,4-5,9,11-13H2,1-3H3/b21-16-,23-19+. The van der Waals surface area contributed by atoms with Crippen LogP contribution in [0.15, 0.2) is 74.7 Å². The van der Waals surface area contributed by atoms with Gasteiger partial charge in [-0.3, -0.25) is 0 Å². The van der Waals surface area contributed by atoms with E-state index >= 15 is 0 Å². The van der Waals surface area contributed by atoms with E-state index in [0.717, 1.165) is 66.9 Å². The zero-order chi connectivity index (χ0) is 21.8. The van der Waals surface area contributed by atoms with Gasteiger partial charge < -0.3 is 20.0 Å². The summed E-state index contributed by atoms with van der Waals surface area (Å²) in [6, 6.07) is 8.16. The number of nitrogens with zero attached hydrogens (tertiary/aromatic N) is 1. The fraction of sp³-hybridized carbons (Fsp3) is 0.346. The minimum absolute atomic E-state index is 0.297. The average molecular weight is 418 g/mol. The topological polar surface area (TPSA) is 57.5 Å². The highest BCUT2D eigenvalue weighted by Crippen LogP contribution is 2.27. The molecule has 0 amide bonds. The van der Waals surface area contributed by atoms with Crippen LogP contribution in [0.25, 0.3) is 16.5 Å². The SMILES string of the molecule is CC/C(C)=C(\C=C1\C=C(C)C=CN1)c1cc2ccc(N3CCCNCC3)cc2oc1=O. The molecule has 1 fully saturated rings.